The second-order valence-electron chi connectivity index (χ2n) is 6.41. The van der Waals surface area contributed by atoms with Crippen molar-refractivity contribution in [3.05, 3.63) is 53.3 Å². The van der Waals surface area contributed by atoms with E-state index in [0.717, 1.165) is 12.1 Å². The van der Waals surface area contributed by atoms with Crippen LogP contribution in [0.15, 0.2) is 36.7 Å². The van der Waals surface area contributed by atoms with Gasteiger partial charge >= 0.3 is 0 Å². The van der Waals surface area contributed by atoms with Crippen LogP contribution < -0.4 is 10.6 Å². The van der Waals surface area contributed by atoms with Crippen LogP contribution in [0.4, 0.5) is 0 Å². The van der Waals surface area contributed by atoms with E-state index in [1.165, 1.54) is 11.1 Å². The molecule has 0 bridgehead atoms. The van der Waals surface area contributed by atoms with Crippen molar-refractivity contribution >= 4 is 5.91 Å². The second-order valence-corrected chi connectivity index (χ2v) is 6.41. The van der Waals surface area contributed by atoms with Crippen molar-refractivity contribution in [3.63, 3.8) is 0 Å². The number of nitrogens with one attached hydrogen (secondary N) is 2. The summed E-state index contributed by atoms with van der Waals surface area (Å²) in [6, 6.07) is 8.20. The Bertz CT molecular complexity index is 694. The van der Waals surface area contributed by atoms with Crippen molar-refractivity contribution in [2.24, 2.45) is 13.0 Å². The van der Waals surface area contributed by atoms with Crippen LogP contribution >= 0.6 is 0 Å². The van der Waals surface area contributed by atoms with Gasteiger partial charge in [0.05, 0.1) is 18.2 Å². The van der Waals surface area contributed by atoms with E-state index in [0.29, 0.717) is 6.54 Å². The van der Waals surface area contributed by atoms with Gasteiger partial charge in [-0.25, -0.2) is 0 Å². The molecular formula is C18H24N4O. The van der Waals surface area contributed by atoms with Crippen LogP contribution in [0.2, 0.25) is 0 Å². The molecule has 1 unspecified atom stereocenters. The SMILES string of the molecule is Cc1ccccc1C(C)NC(=O)[C@H]1CNC[C@@H]1c1cnn(C)c1. The predicted molar refractivity (Wildman–Crippen MR) is 90.0 cm³/mol. The molecule has 1 fully saturated rings. The molecule has 2 aromatic rings. The second kappa shape index (κ2) is 6.54. The summed E-state index contributed by atoms with van der Waals surface area (Å²) in [6.07, 6.45) is 3.87. The first-order valence-corrected chi connectivity index (χ1v) is 8.11. The maximum atomic E-state index is 12.8. The van der Waals surface area contributed by atoms with Gasteiger partial charge in [0.25, 0.3) is 0 Å². The standard InChI is InChI=1S/C18H24N4O/c1-12-6-4-5-7-15(12)13(2)21-18(23)17-10-19-9-16(17)14-8-20-22(3)11-14/h4-8,11,13,16-17,19H,9-10H2,1-3H3,(H,21,23)/t13?,16-,17+/m1/s1. The Morgan fingerprint density at radius 3 is 2.87 bits per heavy atom. The third kappa shape index (κ3) is 3.29. The molecule has 0 spiro atoms. The Morgan fingerprint density at radius 2 is 2.17 bits per heavy atom. The van der Waals surface area contributed by atoms with Crippen molar-refractivity contribution in [3.8, 4) is 0 Å². The Hall–Kier alpha value is -2.14. The van der Waals surface area contributed by atoms with E-state index in [1.54, 1.807) is 4.68 Å². The Kier molecular flexibility index (Phi) is 4.48. The van der Waals surface area contributed by atoms with Crippen molar-refractivity contribution in [2.45, 2.75) is 25.8 Å². The van der Waals surface area contributed by atoms with Gasteiger partial charge in [0, 0.05) is 32.3 Å². The Morgan fingerprint density at radius 1 is 1.39 bits per heavy atom. The maximum absolute atomic E-state index is 12.8. The molecule has 1 aromatic carbocycles. The number of nitrogens with zero attached hydrogens (tertiary/aromatic N) is 2. The van der Waals surface area contributed by atoms with Crippen LogP contribution in [0, 0.1) is 12.8 Å². The smallest absolute Gasteiger partial charge is 0.225 e. The zero-order chi connectivity index (χ0) is 16.4. The number of benzene rings is 1. The molecule has 1 saturated heterocycles. The van der Waals surface area contributed by atoms with Crippen LogP contribution in [-0.4, -0.2) is 28.8 Å². The molecule has 3 rings (SSSR count). The summed E-state index contributed by atoms with van der Waals surface area (Å²) < 4.78 is 1.79. The highest BCUT2D eigenvalue weighted by Crippen LogP contribution is 2.28. The van der Waals surface area contributed by atoms with Gasteiger partial charge < -0.3 is 10.6 Å². The molecule has 1 aromatic heterocycles. The number of carbonyl (C=O) groups is 1. The van der Waals surface area contributed by atoms with E-state index in [2.05, 4.69) is 34.8 Å². The van der Waals surface area contributed by atoms with Crippen molar-refractivity contribution in [1.29, 1.82) is 0 Å². The fourth-order valence-electron chi connectivity index (χ4n) is 3.41. The van der Waals surface area contributed by atoms with Crippen molar-refractivity contribution in [2.75, 3.05) is 13.1 Å². The molecule has 5 nitrogen and oxygen atoms in total. The zero-order valence-electron chi connectivity index (χ0n) is 13.9. The Balaban J connectivity index is 1.71. The van der Waals surface area contributed by atoms with Crippen LogP contribution in [0.1, 0.15) is 35.6 Å². The largest absolute Gasteiger partial charge is 0.349 e. The molecular weight excluding hydrogens is 288 g/mol. The topological polar surface area (TPSA) is 59.0 Å². The number of aromatic nitrogens is 2. The first-order valence-electron chi connectivity index (χ1n) is 8.11. The quantitative estimate of drug-likeness (QED) is 0.906. The fraction of sp³-hybridized carbons (Fsp3) is 0.444. The van der Waals surface area contributed by atoms with Crippen molar-refractivity contribution < 1.29 is 4.79 Å². The first-order chi connectivity index (χ1) is 11.1. The molecule has 2 N–H and O–H groups in total. The first kappa shape index (κ1) is 15.7. The van der Waals surface area contributed by atoms with Gasteiger partial charge in [0.1, 0.15) is 0 Å². The fourth-order valence-corrected chi connectivity index (χ4v) is 3.41. The third-order valence-corrected chi connectivity index (χ3v) is 4.72. The average molecular weight is 312 g/mol. The minimum absolute atomic E-state index is 0.0128. The van der Waals surface area contributed by atoms with Gasteiger partial charge in [0.2, 0.25) is 5.91 Å². The van der Waals surface area contributed by atoms with Gasteiger partial charge in [-0.15, -0.1) is 0 Å². The molecule has 1 amide bonds. The lowest BCUT2D eigenvalue weighted by atomic mass is 9.89. The van der Waals surface area contributed by atoms with Gasteiger partial charge in [0.15, 0.2) is 0 Å². The predicted octanol–water partition coefficient (Wildman–Crippen LogP) is 1.91. The van der Waals surface area contributed by atoms with Crippen LogP contribution in [-0.2, 0) is 11.8 Å². The maximum Gasteiger partial charge on any atom is 0.225 e. The lowest BCUT2D eigenvalue weighted by Crippen LogP contribution is -2.36. The van der Waals surface area contributed by atoms with Crippen molar-refractivity contribution in [1.82, 2.24) is 20.4 Å². The summed E-state index contributed by atoms with van der Waals surface area (Å²) >= 11 is 0. The van der Waals surface area contributed by atoms with Gasteiger partial charge in [-0.05, 0) is 30.5 Å². The highest BCUT2D eigenvalue weighted by Gasteiger charge is 2.35. The van der Waals surface area contributed by atoms with Crippen LogP contribution in [0.3, 0.4) is 0 Å². The summed E-state index contributed by atoms with van der Waals surface area (Å²) in [5.41, 5.74) is 3.50. The molecule has 5 heteroatoms. The van der Waals surface area contributed by atoms with Gasteiger partial charge in [-0.1, -0.05) is 24.3 Å². The van der Waals surface area contributed by atoms with E-state index in [-0.39, 0.29) is 23.8 Å². The molecule has 122 valence electrons. The molecule has 0 radical (unpaired) electrons. The summed E-state index contributed by atoms with van der Waals surface area (Å²) in [7, 11) is 1.90. The summed E-state index contributed by atoms with van der Waals surface area (Å²) in [4.78, 5) is 12.8. The molecule has 23 heavy (non-hydrogen) atoms. The third-order valence-electron chi connectivity index (χ3n) is 4.72. The highest BCUT2D eigenvalue weighted by molar-refractivity contribution is 5.81. The zero-order valence-corrected chi connectivity index (χ0v) is 13.9. The summed E-state index contributed by atoms with van der Waals surface area (Å²) in [5, 5.41) is 10.7. The van der Waals surface area contributed by atoms with Gasteiger partial charge in [-0.2, -0.15) is 5.10 Å². The number of hydrogen-bond donors (Lipinski definition) is 2. The van der Waals surface area contributed by atoms with Gasteiger partial charge in [-0.3, -0.25) is 9.48 Å². The molecule has 1 aliphatic rings. The average Bonchev–Trinajstić information content (AvgIpc) is 3.15. The monoisotopic (exact) mass is 312 g/mol. The van der Waals surface area contributed by atoms with E-state index >= 15 is 0 Å². The van der Waals surface area contributed by atoms with Crippen LogP contribution in [0.5, 0.6) is 0 Å². The molecule has 3 atom stereocenters. The molecule has 0 saturated carbocycles. The number of amides is 1. The summed E-state index contributed by atoms with van der Waals surface area (Å²) in [6.45, 7) is 5.66. The van der Waals surface area contributed by atoms with E-state index < -0.39 is 0 Å². The van der Waals surface area contributed by atoms with Crippen LogP contribution in [0.25, 0.3) is 0 Å². The van der Waals surface area contributed by atoms with E-state index in [4.69, 9.17) is 0 Å². The van der Waals surface area contributed by atoms with E-state index in [1.807, 2.05) is 38.5 Å². The minimum Gasteiger partial charge on any atom is -0.349 e. The molecule has 2 heterocycles. The molecule has 0 aliphatic carbocycles. The summed E-state index contributed by atoms with van der Waals surface area (Å²) in [5.74, 6) is 0.248. The molecule has 1 aliphatic heterocycles. The minimum atomic E-state index is -0.0503. The van der Waals surface area contributed by atoms with E-state index in [9.17, 15) is 4.79 Å². The number of rotatable bonds is 4. The number of aryl methyl sites for hydroxylation is 2. The Labute approximate surface area is 137 Å². The lowest BCUT2D eigenvalue weighted by Gasteiger charge is -2.21. The number of carbonyl (C=O) groups excluding carboxylic acids is 1. The normalized spacial score (nSPS) is 22.0. The lowest BCUT2D eigenvalue weighted by molar-refractivity contribution is -0.125. The highest BCUT2D eigenvalue weighted by atomic mass is 16.2. The number of hydrogen-bond acceptors (Lipinski definition) is 3.